The maximum Gasteiger partial charge on any atom is 0 e. The standard InChI is InChI=1S/C5H5.3CO.Mn.H2/c1-2-4-5-3-1;3*1-2;;/h1-5H;;;;;1H/q-1;;;;;. The minimum atomic E-state index is 0. The molecule has 3 nitrogen and oxygen atoms in total. The van der Waals surface area contributed by atoms with Crippen molar-refractivity contribution in [2.45, 2.75) is 0 Å². The summed E-state index contributed by atoms with van der Waals surface area (Å²) in [6, 6.07) is 10.0. The van der Waals surface area contributed by atoms with E-state index < -0.39 is 0 Å². The zero-order chi connectivity index (χ0) is 9.54. The van der Waals surface area contributed by atoms with Crippen LogP contribution >= 0.6 is 0 Å². The molecular weight excluding hydrogens is 199 g/mol. The van der Waals surface area contributed by atoms with Crippen molar-refractivity contribution >= 4 is 0 Å². The summed E-state index contributed by atoms with van der Waals surface area (Å²) in [4.78, 5) is 0. The van der Waals surface area contributed by atoms with Crippen molar-refractivity contribution in [1.82, 2.24) is 0 Å². The molecule has 0 heterocycles. The number of hydrogen-bond donors (Lipinski definition) is 0. The maximum absolute atomic E-state index is 7.50. The zero-order valence-electron chi connectivity index (χ0n) is 5.99. The summed E-state index contributed by atoms with van der Waals surface area (Å²) in [5, 5.41) is 0. The molecule has 0 aromatic heterocycles. The third-order valence-electron chi connectivity index (χ3n) is 0.556. The Bertz CT molecular complexity index is 148. The predicted octanol–water partition coefficient (Wildman–Crippen LogP) is 1.54. The Morgan fingerprint density at radius 2 is 1.08 bits per heavy atom. The third kappa shape index (κ3) is 35.6. The van der Waals surface area contributed by atoms with E-state index in [9.17, 15) is 0 Å². The summed E-state index contributed by atoms with van der Waals surface area (Å²) in [6.07, 6.45) is 0. The molecule has 0 aliphatic carbocycles. The van der Waals surface area contributed by atoms with Crippen LogP contribution in [0, 0.1) is 20.0 Å². The van der Waals surface area contributed by atoms with Gasteiger partial charge in [-0.25, -0.2) is 12.1 Å². The molecule has 1 rings (SSSR count). The Morgan fingerprint density at radius 3 is 1.17 bits per heavy atom. The fourth-order valence-corrected chi connectivity index (χ4v) is 0.321. The van der Waals surface area contributed by atoms with E-state index in [4.69, 9.17) is 14.0 Å². The van der Waals surface area contributed by atoms with E-state index in [2.05, 4.69) is 20.0 Å². The molecule has 0 fully saturated rings. The molecular formula is C8H7MnO3-. The van der Waals surface area contributed by atoms with Crippen LogP contribution in [-0.2, 0) is 31.0 Å². The normalized spacial score (nSPS) is 3.83. The number of hydrogen-bond acceptors (Lipinski definition) is 0. The quantitative estimate of drug-likeness (QED) is 0.351. The van der Waals surface area contributed by atoms with Crippen LogP contribution < -0.4 is 0 Å². The van der Waals surface area contributed by atoms with Gasteiger partial charge in [-0.2, -0.15) is 18.2 Å². The van der Waals surface area contributed by atoms with Gasteiger partial charge in [0, 0.05) is 18.5 Å². The van der Waals surface area contributed by atoms with E-state index >= 15 is 0 Å². The fourth-order valence-electron chi connectivity index (χ4n) is 0.321. The van der Waals surface area contributed by atoms with Crippen LogP contribution in [0.4, 0.5) is 0 Å². The SMILES string of the molecule is [C-]#[O+].[C-]#[O+].[C-]#[O+].[HH].[Mn].c1cc[cH-]c1. The average molecular weight is 206 g/mol. The predicted molar refractivity (Wildman–Crippen MR) is 35.9 cm³/mol. The number of rotatable bonds is 0. The van der Waals surface area contributed by atoms with Crippen LogP contribution in [0.3, 0.4) is 0 Å². The van der Waals surface area contributed by atoms with Crippen molar-refractivity contribution < 1.29 is 32.5 Å². The Hall–Kier alpha value is -0.911. The molecule has 0 amide bonds. The van der Waals surface area contributed by atoms with Crippen LogP contribution in [0.1, 0.15) is 1.43 Å². The summed E-state index contributed by atoms with van der Waals surface area (Å²) in [6.45, 7) is 13.5. The van der Waals surface area contributed by atoms with E-state index in [0.29, 0.717) is 0 Å². The minimum absolute atomic E-state index is 0. The molecule has 0 aliphatic rings. The van der Waals surface area contributed by atoms with Gasteiger partial charge in [0.15, 0.2) is 0 Å². The van der Waals surface area contributed by atoms with Gasteiger partial charge in [0.05, 0.1) is 0 Å². The van der Waals surface area contributed by atoms with Crippen LogP contribution in [0.15, 0.2) is 30.3 Å². The van der Waals surface area contributed by atoms with Crippen molar-refractivity contribution in [3.8, 4) is 0 Å². The van der Waals surface area contributed by atoms with Crippen molar-refractivity contribution in [3.63, 3.8) is 0 Å². The van der Waals surface area contributed by atoms with Gasteiger partial charge < -0.3 is 0 Å². The molecule has 0 saturated carbocycles. The second kappa shape index (κ2) is 49.8. The van der Waals surface area contributed by atoms with Gasteiger partial charge >= 0.3 is 33.9 Å². The van der Waals surface area contributed by atoms with E-state index in [1.54, 1.807) is 0 Å². The van der Waals surface area contributed by atoms with Crippen LogP contribution in [0.2, 0.25) is 0 Å². The summed E-state index contributed by atoms with van der Waals surface area (Å²) in [7, 11) is 0. The van der Waals surface area contributed by atoms with Gasteiger partial charge in [-0.15, -0.1) is 0 Å². The first-order chi connectivity index (χ1) is 5.50. The molecule has 0 unspecified atom stereocenters. The fraction of sp³-hybridized carbons (Fsp3) is 0. The Morgan fingerprint density at radius 1 is 0.833 bits per heavy atom. The van der Waals surface area contributed by atoms with E-state index in [0.717, 1.165) is 0 Å². The molecule has 65 valence electrons. The molecule has 0 spiro atoms. The van der Waals surface area contributed by atoms with Crippen molar-refractivity contribution in [3.05, 3.63) is 50.3 Å². The van der Waals surface area contributed by atoms with Crippen LogP contribution in [0.25, 0.3) is 0 Å². The average Bonchev–Trinajstić information content (AvgIpc) is 2.71. The molecule has 0 bridgehead atoms. The Balaban J connectivity index is -0.0000000239. The molecule has 4 heteroatoms. The van der Waals surface area contributed by atoms with Crippen molar-refractivity contribution in [2.75, 3.05) is 0 Å². The third-order valence-corrected chi connectivity index (χ3v) is 0.556. The first-order valence-electron chi connectivity index (χ1n) is 2.28. The molecule has 1 aromatic rings. The summed E-state index contributed by atoms with van der Waals surface area (Å²) >= 11 is 0. The molecule has 0 atom stereocenters. The molecule has 0 saturated heterocycles. The molecule has 1 radical (unpaired) electrons. The second-order valence-corrected chi connectivity index (χ2v) is 0.962. The molecule has 0 aliphatic heterocycles. The monoisotopic (exact) mass is 206 g/mol. The van der Waals surface area contributed by atoms with E-state index in [-0.39, 0.29) is 18.5 Å². The molecule has 1 aromatic carbocycles. The second-order valence-electron chi connectivity index (χ2n) is 0.962. The van der Waals surface area contributed by atoms with E-state index in [1.165, 1.54) is 0 Å². The molecule has 0 N–H and O–H groups in total. The Labute approximate surface area is 83.3 Å². The first-order valence-corrected chi connectivity index (χ1v) is 2.28. The summed E-state index contributed by atoms with van der Waals surface area (Å²) in [5.41, 5.74) is 0. The molecule has 12 heavy (non-hydrogen) atoms. The smallest absolute Gasteiger partial charge is 0 e. The summed E-state index contributed by atoms with van der Waals surface area (Å²) in [5.74, 6) is 0. The largest absolute Gasteiger partial charge is 0.214 e. The van der Waals surface area contributed by atoms with Gasteiger partial charge in [0.1, 0.15) is 0 Å². The van der Waals surface area contributed by atoms with Crippen molar-refractivity contribution in [2.24, 2.45) is 0 Å². The van der Waals surface area contributed by atoms with Crippen LogP contribution in [0.5, 0.6) is 0 Å². The van der Waals surface area contributed by atoms with Gasteiger partial charge in [-0.1, -0.05) is 0 Å². The van der Waals surface area contributed by atoms with Gasteiger partial charge in [0.2, 0.25) is 0 Å². The maximum atomic E-state index is 7.50. The van der Waals surface area contributed by atoms with Gasteiger partial charge in [-0.3, -0.25) is 0 Å². The zero-order valence-corrected chi connectivity index (χ0v) is 7.17. The topological polar surface area (TPSA) is 59.7 Å². The first kappa shape index (κ1) is 22.5. The van der Waals surface area contributed by atoms with Gasteiger partial charge in [-0.05, 0) is 0 Å². The van der Waals surface area contributed by atoms with Crippen molar-refractivity contribution in [1.29, 1.82) is 0 Å². The van der Waals surface area contributed by atoms with Crippen LogP contribution in [-0.4, -0.2) is 0 Å². The minimum Gasteiger partial charge on any atom is -0.214 e. The van der Waals surface area contributed by atoms with E-state index in [1.807, 2.05) is 30.3 Å². The summed E-state index contributed by atoms with van der Waals surface area (Å²) < 4.78 is 22.5. The Kier molecular flexibility index (Phi) is 93.3. The van der Waals surface area contributed by atoms with Gasteiger partial charge in [0.25, 0.3) is 0 Å².